The molecule has 24 heavy (non-hydrogen) atoms. The maximum Gasteiger partial charge on any atom is 0.307 e. The van der Waals surface area contributed by atoms with Crippen LogP contribution in [0.15, 0.2) is 30.3 Å². The summed E-state index contributed by atoms with van der Waals surface area (Å²) in [6, 6.07) is 6.15. The van der Waals surface area contributed by atoms with E-state index in [1.165, 1.54) is 18.2 Å². The molecule has 0 atom stereocenters. The van der Waals surface area contributed by atoms with E-state index in [2.05, 4.69) is 0 Å². The Morgan fingerprint density at radius 1 is 1.25 bits per heavy atom. The number of benzene rings is 1. The second kappa shape index (κ2) is 9.21. The first-order valence-corrected chi connectivity index (χ1v) is 8.50. The molecule has 0 N–H and O–H groups in total. The van der Waals surface area contributed by atoms with Gasteiger partial charge in [0.1, 0.15) is 5.82 Å². The van der Waals surface area contributed by atoms with Crippen LogP contribution < -0.4 is 0 Å². The van der Waals surface area contributed by atoms with E-state index in [1.807, 2.05) is 0 Å². The van der Waals surface area contributed by atoms with E-state index in [0.29, 0.717) is 13.2 Å². The van der Waals surface area contributed by atoms with E-state index < -0.39 is 0 Å². The molecule has 4 nitrogen and oxygen atoms in total. The summed E-state index contributed by atoms with van der Waals surface area (Å²) in [5.41, 5.74) is 0.765. The van der Waals surface area contributed by atoms with Crippen molar-refractivity contribution in [2.24, 2.45) is 0 Å². The normalized spacial score (nSPS) is 14.9. The zero-order valence-corrected chi connectivity index (χ0v) is 14.0. The van der Waals surface area contributed by atoms with Gasteiger partial charge in [0.05, 0.1) is 13.0 Å². The number of carbonyl (C=O) groups is 2. The second-order valence-corrected chi connectivity index (χ2v) is 5.91. The third-order valence-electron chi connectivity index (χ3n) is 4.20. The molecule has 1 saturated carbocycles. The van der Waals surface area contributed by atoms with Gasteiger partial charge in [0, 0.05) is 18.7 Å². The van der Waals surface area contributed by atoms with Gasteiger partial charge in [0.25, 0.3) is 0 Å². The molecule has 0 saturated heterocycles. The highest BCUT2D eigenvalue weighted by molar-refractivity contribution is 5.92. The molecule has 2 rings (SSSR count). The number of nitrogens with zero attached hydrogens (tertiary/aromatic N) is 1. The van der Waals surface area contributed by atoms with Crippen LogP contribution in [0.5, 0.6) is 0 Å². The van der Waals surface area contributed by atoms with Crippen molar-refractivity contribution in [3.05, 3.63) is 41.7 Å². The maximum absolute atomic E-state index is 12.9. The molecule has 0 aliphatic heterocycles. The molecule has 1 aliphatic carbocycles. The number of rotatable bonds is 7. The van der Waals surface area contributed by atoms with Crippen molar-refractivity contribution >= 4 is 18.0 Å². The van der Waals surface area contributed by atoms with E-state index in [9.17, 15) is 14.0 Å². The van der Waals surface area contributed by atoms with Crippen LogP contribution in [0.3, 0.4) is 0 Å². The van der Waals surface area contributed by atoms with Gasteiger partial charge in [-0.25, -0.2) is 4.39 Å². The van der Waals surface area contributed by atoms with Crippen molar-refractivity contribution in [3.63, 3.8) is 0 Å². The molecule has 0 radical (unpaired) electrons. The molecule has 0 unspecified atom stereocenters. The summed E-state index contributed by atoms with van der Waals surface area (Å²) >= 11 is 0. The molecule has 0 spiro atoms. The van der Waals surface area contributed by atoms with Crippen LogP contribution in [-0.4, -0.2) is 36.0 Å². The monoisotopic (exact) mass is 333 g/mol. The Hall–Kier alpha value is -2.17. The van der Waals surface area contributed by atoms with E-state index >= 15 is 0 Å². The summed E-state index contributed by atoms with van der Waals surface area (Å²) < 4.78 is 17.9. The summed E-state index contributed by atoms with van der Waals surface area (Å²) in [5, 5.41) is 0. The Kier molecular flexibility index (Phi) is 6.97. The van der Waals surface area contributed by atoms with Gasteiger partial charge in [-0.3, -0.25) is 9.59 Å². The molecule has 0 aromatic heterocycles. The lowest BCUT2D eigenvalue weighted by molar-refractivity contribution is -0.144. The summed E-state index contributed by atoms with van der Waals surface area (Å²) in [7, 11) is 0. The largest absolute Gasteiger partial charge is 0.466 e. The number of hydrogen-bond donors (Lipinski definition) is 0. The molecule has 1 aromatic carbocycles. The van der Waals surface area contributed by atoms with Crippen molar-refractivity contribution in [2.75, 3.05) is 13.2 Å². The van der Waals surface area contributed by atoms with E-state index in [4.69, 9.17) is 4.74 Å². The van der Waals surface area contributed by atoms with Crippen molar-refractivity contribution in [2.45, 2.75) is 45.1 Å². The van der Waals surface area contributed by atoms with E-state index in [1.54, 1.807) is 30.0 Å². The van der Waals surface area contributed by atoms with Crippen molar-refractivity contribution < 1.29 is 18.7 Å². The van der Waals surface area contributed by atoms with Gasteiger partial charge in [-0.15, -0.1) is 0 Å². The lowest BCUT2D eigenvalue weighted by Gasteiger charge is -2.27. The molecular formula is C19H24FNO3. The van der Waals surface area contributed by atoms with Gasteiger partial charge >= 0.3 is 5.97 Å². The highest BCUT2D eigenvalue weighted by atomic mass is 19.1. The van der Waals surface area contributed by atoms with Gasteiger partial charge in [0.15, 0.2) is 0 Å². The molecule has 1 fully saturated rings. The van der Waals surface area contributed by atoms with Gasteiger partial charge in [-0.1, -0.05) is 25.0 Å². The minimum Gasteiger partial charge on any atom is -0.466 e. The SMILES string of the molecule is CCOC(=O)CCN(C(=O)/C=C/c1ccc(F)cc1)C1CCCC1. The summed E-state index contributed by atoms with van der Waals surface area (Å²) in [6.07, 6.45) is 7.54. The van der Waals surface area contributed by atoms with Gasteiger partial charge < -0.3 is 9.64 Å². The fourth-order valence-electron chi connectivity index (χ4n) is 2.97. The highest BCUT2D eigenvalue weighted by Crippen LogP contribution is 2.24. The van der Waals surface area contributed by atoms with Crippen LogP contribution >= 0.6 is 0 Å². The van der Waals surface area contributed by atoms with Gasteiger partial charge in [-0.2, -0.15) is 0 Å². The molecule has 0 heterocycles. The Balaban J connectivity index is 2.00. The summed E-state index contributed by atoms with van der Waals surface area (Å²) in [5.74, 6) is -0.702. The van der Waals surface area contributed by atoms with Crippen LogP contribution in [0.1, 0.15) is 44.6 Å². The lowest BCUT2D eigenvalue weighted by Crippen LogP contribution is -2.39. The molecule has 1 aromatic rings. The third-order valence-corrected chi connectivity index (χ3v) is 4.20. The van der Waals surface area contributed by atoms with E-state index in [0.717, 1.165) is 31.2 Å². The molecule has 130 valence electrons. The van der Waals surface area contributed by atoms with Crippen LogP contribution in [0.2, 0.25) is 0 Å². The number of hydrogen-bond acceptors (Lipinski definition) is 3. The number of amides is 1. The minimum atomic E-state index is -0.305. The standard InChI is InChI=1S/C19H24FNO3/c1-2-24-19(23)13-14-21(17-5-3-4-6-17)18(22)12-9-15-7-10-16(20)11-8-15/h7-12,17H,2-6,13-14H2,1H3/b12-9+. The topological polar surface area (TPSA) is 46.6 Å². The Morgan fingerprint density at radius 3 is 2.54 bits per heavy atom. The van der Waals surface area contributed by atoms with Crippen LogP contribution in [-0.2, 0) is 14.3 Å². The van der Waals surface area contributed by atoms with Gasteiger partial charge in [0.2, 0.25) is 5.91 Å². The first-order chi connectivity index (χ1) is 11.6. The van der Waals surface area contributed by atoms with Crippen molar-refractivity contribution in [1.82, 2.24) is 4.90 Å². The molecule has 1 aliphatic rings. The molecule has 0 bridgehead atoms. The van der Waals surface area contributed by atoms with Gasteiger partial charge in [-0.05, 0) is 43.5 Å². The summed E-state index contributed by atoms with van der Waals surface area (Å²) in [6.45, 7) is 2.49. The van der Waals surface area contributed by atoms with Crippen molar-refractivity contribution in [3.8, 4) is 0 Å². The highest BCUT2D eigenvalue weighted by Gasteiger charge is 2.25. The van der Waals surface area contributed by atoms with Crippen LogP contribution in [0.4, 0.5) is 4.39 Å². The predicted octanol–water partition coefficient (Wildman–Crippen LogP) is 3.56. The Bertz CT molecular complexity index is 577. The maximum atomic E-state index is 12.9. The van der Waals surface area contributed by atoms with Crippen LogP contribution in [0.25, 0.3) is 6.08 Å². The predicted molar refractivity (Wildman–Crippen MR) is 90.7 cm³/mol. The zero-order chi connectivity index (χ0) is 17.4. The van der Waals surface area contributed by atoms with Crippen molar-refractivity contribution in [1.29, 1.82) is 0 Å². The number of esters is 1. The lowest BCUT2D eigenvalue weighted by atomic mass is 10.1. The molecule has 5 heteroatoms. The fraction of sp³-hybridized carbons (Fsp3) is 0.474. The molecular weight excluding hydrogens is 309 g/mol. The Labute approximate surface area is 142 Å². The first-order valence-electron chi connectivity index (χ1n) is 8.50. The minimum absolute atomic E-state index is 0.115. The number of halogens is 1. The second-order valence-electron chi connectivity index (χ2n) is 5.91. The quantitative estimate of drug-likeness (QED) is 0.566. The third kappa shape index (κ3) is 5.48. The average Bonchev–Trinajstić information content (AvgIpc) is 3.09. The van der Waals surface area contributed by atoms with E-state index in [-0.39, 0.29) is 30.2 Å². The fourth-order valence-corrected chi connectivity index (χ4v) is 2.97. The van der Waals surface area contributed by atoms with Crippen LogP contribution in [0, 0.1) is 5.82 Å². The first kappa shape index (κ1) is 18.2. The molecule has 1 amide bonds. The number of carbonyl (C=O) groups excluding carboxylic acids is 2. The average molecular weight is 333 g/mol. The Morgan fingerprint density at radius 2 is 1.92 bits per heavy atom. The smallest absolute Gasteiger partial charge is 0.307 e. The number of ether oxygens (including phenoxy) is 1. The summed E-state index contributed by atoms with van der Waals surface area (Å²) in [4.78, 5) is 25.9. The zero-order valence-electron chi connectivity index (χ0n) is 14.0.